The Balaban J connectivity index is 1.58. The molecule has 1 saturated carbocycles. The van der Waals surface area contributed by atoms with Crippen molar-refractivity contribution in [2.75, 3.05) is 23.0 Å². The molecule has 1 spiro atoms. The van der Waals surface area contributed by atoms with E-state index in [2.05, 4.69) is 10.3 Å². The minimum absolute atomic E-state index is 0.0911. The summed E-state index contributed by atoms with van der Waals surface area (Å²) < 4.78 is 60.6. The average Bonchev–Trinajstić information content (AvgIpc) is 3.12. The number of carbonyl (C=O) groups is 3. The van der Waals surface area contributed by atoms with Crippen LogP contribution < -0.4 is 15.1 Å². The molecule has 14 heteroatoms. The largest absolute Gasteiger partial charge is 0.466 e. The van der Waals surface area contributed by atoms with Gasteiger partial charge in [-0.25, -0.2) is 9.37 Å². The van der Waals surface area contributed by atoms with Crippen LogP contribution in [0.3, 0.4) is 0 Å². The first-order valence-corrected chi connectivity index (χ1v) is 12.7. The number of nitrogens with zero attached hydrogens (tertiary/aromatic N) is 4. The number of esters is 1. The molecule has 1 aliphatic carbocycles. The number of hydrogen-bond donors (Lipinski definition) is 1. The fourth-order valence-electron chi connectivity index (χ4n) is 4.68. The van der Waals surface area contributed by atoms with E-state index < -0.39 is 46.6 Å². The highest BCUT2D eigenvalue weighted by Crippen LogP contribution is 2.48. The molecule has 0 radical (unpaired) electrons. The molecule has 2 fully saturated rings. The van der Waals surface area contributed by atoms with Crippen molar-refractivity contribution in [3.63, 3.8) is 0 Å². The highest BCUT2D eigenvalue weighted by atomic mass is 32.1. The lowest BCUT2D eigenvalue weighted by molar-refractivity contribution is -0.143. The number of alkyl halides is 3. The Labute approximate surface area is 231 Å². The lowest BCUT2D eigenvalue weighted by atomic mass is 9.75. The normalized spacial score (nSPS) is 16.1. The number of benzene rings is 1. The van der Waals surface area contributed by atoms with E-state index in [1.165, 1.54) is 23.1 Å². The van der Waals surface area contributed by atoms with Gasteiger partial charge in [0.05, 0.1) is 29.6 Å². The van der Waals surface area contributed by atoms with Crippen LogP contribution >= 0.6 is 12.2 Å². The molecule has 0 atom stereocenters. The Morgan fingerprint density at radius 3 is 2.55 bits per heavy atom. The van der Waals surface area contributed by atoms with Gasteiger partial charge in [-0.05, 0) is 69.1 Å². The Bertz CT molecular complexity index is 1420. The summed E-state index contributed by atoms with van der Waals surface area (Å²) in [6.07, 6.45) is -2.27. The maximum atomic E-state index is 15.1. The van der Waals surface area contributed by atoms with Gasteiger partial charge < -0.3 is 15.0 Å². The molecular formula is C26H23F4N5O4S. The molecule has 40 heavy (non-hydrogen) atoms. The molecule has 1 aliphatic heterocycles. The van der Waals surface area contributed by atoms with Gasteiger partial charge >= 0.3 is 12.1 Å². The van der Waals surface area contributed by atoms with Crippen molar-refractivity contribution in [1.29, 1.82) is 5.26 Å². The van der Waals surface area contributed by atoms with Crippen molar-refractivity contribution in [3.8, 4) is 6.07 Å². The number of anilines is 2. The molecule has 1 N–H and O–H groups in total. The molecule has 0 bridgehead atoms. The molecule has 1 saturated heterocycles. The van der Waals surface area contributed by atoms with E-state index in [0.717, 1.165) is 17.2 Å². The van der Waals surface area contributed by atoms with Crippen molar-refractivity contribution in [1.82, 2.24) is 10.3 Å². The number of aromatic nitrogens is 1. The first kappa shape index (κ1) is 28.9. The Morgan fingerprint density at radius 2 is 1.98 bits per heavy atom. The van der Waals surface area contributed by atoms with Crippen molar-refractivity contribution >= 4 is 46.5 Å². The number of nitrogens with one attached hydrogen (secondary N) is 1. The minimum Gasteiger partial charge on any atom is -0.466 e. The zero-order chi connectivity index (χ0) is 29.2. The molecule has 1 aromatic carbocycles. The van der Waals surface area contributed by atoms with E-state index in [4.69, 9.17) is 22.2 Å². The molecule has 9 nitrogen and oxygen atoms in total. The first-order chi connectivity index (χ1) is 18.9. The summed E-state index contributed by atoms with van der Waals surface area (Å²) in [4.78, 5) is 43.3. The van der Waals surface area contributed by atoms with E-state index >= 15 is 4.39 Å². The molecule has 0 unspecified atom stereocenters. The van der Waals surface area contributed by atoms with Crippen molar-refractivity contribution in [3.05, 3.63) is 53.1 Å². The third-order valence-corrected chi connectivity index (χ3v) is 7.10. The Kier molecular flexibility index (Phi) is 8.06. The van der Waals surface area contributed by atoms with E-state index in [0.29, 0.717) is 31.7 Å². The predicted octanol–water partition coefficient (Wildman–Crippen LogP) is 4.25. The van der Waals surface area contributed by atoms with E-state index in [9.17, 15) is 27.6 Å². The lowest BCUT2D eigenvalue weighted by Crippen LogP contribution is -2.55. The van der Waals surface area contributed by atoms with Crippen LogP contribution in [0.2, 0.25) is 0 Å². The topological polar surface area (TPSA) is 116 Å². The summed E-state index contributed by atoms with van der Waals surface area (Å²) in [7, 11) is 0. The number of hydrogen-bond acceptors (Lipinski definition) is 7. The molecule has 2 heterocycles. The van der Waals surface area contributed by atoms with E-state index in [1.807, 2.05) is 0 Å². The monoisotopic (exact) mass is 577 g/mol. The average molecular weight is 578 g/mol. The number of ether oxygens (including phenoxy) is 1. The van der Waals surface area contributed by atoms with Gasteiger partial charge in [-0.1, -0.05) is 0 Å². The number of rotatable bonds is 8. The number of pyridine rings is 1. The second kappa shape index (κ2) is 11.2. The van der Waals surface area contributed by atoms with Crippen LogP contribution in [0.15, 0.2) is 30.5 Å². The standard InChI is InChI=1S/C26H23F4N5O4S/c1-2-39-21(36)5-3-10-32-22(37)17-7-6-15(12-19(17)27)35-24(40)34(23(38)25(35)8-4-9-25)16-11-18(26(28,29)30)20(13-31)33-14-16/h6-7,11-12,14H,2-5,8-10H2,1H3,(H,32,37). The van der Waals surface area contributed by atoms with Gasteiger partial charge in [0.25, 0.3) is 11.8 Å². The van der Waals surface area contributed by atoms with Gasteiger partial charge in [-0.2, -0.15) is 18.4 Å². The molecule has 210 valence electrons. The van der Waals surface area contributed by atoms with Gasteiger partial charge in [0.2, 0.25) is 0 Å². The Morgan fingerprint density at radius 1 is 1.25 bits per heavy atom. The first-order valence-electron chi connectivity index (χ1n) is 12.3. The van der Waals surface area contributed by atoms with Crippen LogP contribution in [0.5, 0.6) is 0 Å². The summed E-state index contributed by atoms with van der Waals surface area (Å²) in [5, 5.41) is 11.4. The van der Waals surface area contributed by atoms with Crippen molar-refractivity contribution in [2.45, 2.75) is 50.7 Å². The lowest BCUT2D eigenvalue weighted by Gasteiger charge is -2.43. The third kappa shape index (κ3) is 5.21. The van der Waals surface area contributed by atoms with Crippen LogP contribution in [0.1, 0.15) is 60.6 Å². The maximum absolute atomic E-state index is 15.1. The number of nitriles is 1. The molecular weight excluding hydrogens is 554 g/mol. The summed E-state index contributed by atoms with van der Waals surface area (Å²) in [5.41, 5.74) is -3.79. The number of halogens is 4. The fourth-order valence-corrected chi connectivity index (χ4v) is 5.15. The zero-order valence-corrected chi connectivity index (χ0v) is 22.0. The van der Waals surface area contributed by atoms with Crippen LogP contribution in [-0.2, 0) is 20.5 Å². The molecule has 2 amide bonds. The van der Waals surface area contributed by atoms with Gasteiger partial charge in [-0.15, -0.1) is 0 Å². The highest BCUT2D eigenvalue weighted by Gasteiger charge is 2.60. The third-order valence-electron chi connectivity index (χ3n) is 6.74. The number of thiocarbonyl (C=S) groups is 1. The smallest absolute Gasteiger partial charge is 0.419 e. The van der Waals surface area contributed by atoms with Crippen LogP contribution in [-0.4, -0.2) is 46.6 Å². The maximum Gasteiger partial charge on any atom is 0.419 e. The van der Waals surface area contributed by atoms with Gasteiger partial charge in [0, 0.05) is 18.7 Å². The highest BCUT2D eigenvalue weighted by molar-refractivity contribution is 7.81. The number of amides is 2. The number of carbonyl (C=O) groups excluding carboxylic acids is 3. The SMILES string of the molecule is CCOC(=O)CCCNC(=O)c1ccc(N2C(=S)N(c3cnc(C#N)c(C(F)(F)F)c3)C(=O)C23CCC3)cc1F. The van der Waals surface area contributed by atoms with Gasteiger partial charge in [-0.3, -0.25) is 19.3 Å². The molecule has 2 aromatic rings. The molecule has 2 aliphatic rings. The van der Waals surface area contributed by atoms with Crippen LogP contribution in [0.4, 0.5) is 28.9 Å². The minimum atomic E-state index is -4.90. The second-order valence-corrected chi connectivity index (χ2v) is 9.54. The van der Waals surface area contributed by atoms with Crippen LogP contribution in [0.25, 0.3) is 0 Å². The summed E-state index contributed by atoms with van der Waals surface area (Å²) in [6.45, 7) is 2.03. The summed E-state index contributed by atoms with van der Waals surface area (Å²) >= 11 is 5.51. The predicted molar refractivity (Wildman–Crippen MR) is 138 cm³/mol. The fraction of sp³-hybridized carbons (Fsp3) is 0.385. The van der Waals surface area contributed by atoms with E-state index in [-0.39, 0.29) is 41.6 Å². The van der Waals surface area contributed by atoms with Crippen molar-refractivity contribution in [2.24, 2.45) is 0 Å². The summed E-state index contributed by atoms with van der Waals surface area (Å²) in [5.74, 6) is -2.61. The van der Waals surface area contributed by atoms with Gasteiger partial charge in [0.15, 0.2) is 10.8 Å². The molecule has 1 aromatic heterocycles. The quantitative estimate of drug-likeness (QED) is 0.214. The van der Waals surface area contributed by atoms with E-state index in [1.54, 1.807) is 6.92 Å². The van der Waals surface area contributed by atoms with Crippen molar-refractivity contribution < 1.29 is 36.7 Å². The Hall–Kier alpha value is -4.12. The molecule has 4 rings (SSSR count). The van der Waals surface area contributed by atoms with Crippen LogP contribution in [0, 0.1) is 17.1 Å². The summed E-state index contributed by atoms with van der Waals surface area (Å²) in [6, 6.07) is 5.69. The zero-order valence-electron chi connectivity index (χ0n) is 21.2. The van der Waals surface area contributed by atoms with Gasteiger partial charge in [0.1, 0.15) is 17.4 Å². The second-order valence-electron chi connectivity index (χ2n) is 9.17.